The number of benzene rings is 1. The molecule has 0 spiro atoms. The van der Waals surface area contributed by atoms with Crippen LogP contribution in [-0.2, 0) is 11.3 Å². The highest BCUT2D eigenvalue weighted by atomic mass is 32.1. The molecular formula is C16H16N4O5S. The molecule has 3 rings (SSSR count). The van der Waals surface area contributed by atoms with E-state index in [4.69, 9.17) is 0 Å². The highest BCUT2D eigenvalue weighted by molar-refractivity contribution is 7.18. The summed E-state index contributed by atoms with van der Waals surface area (Å²) in [6.45, 7) is 0.139. The number of thiazole rings is 1. The molecule has 0 saturated heterocycles. The average Bonchev–Trinajstić information content (AvgIpc) is 3.06. The number of nitrogens with one attached hydrogen (secondary N) is 2. The molecule has 136 valence electrons. The molecule has 26 heavy (non-hydrogen) atoms. The lowest BCUT2D eigenvalue weighted by Gasteiger charge is -2.15. The number of aromatic nitrogens is 3. The largest absolute Gasteiger partial charge is 0.383 e. The van der Waals surface area contributed by atoms with Gasteiger partial charge < -0.3 is 15.5 Å². The van der Waals surface area contributed by atoms with Crippen LogP contribution in [0.5, 0.6) is 0 Å². The monoisotopic (exact) mass is 376 g/mol. The van der Waals surface area contributed by atoms with E-state index in [0.29, 0.717) is 5.52 Å². The fourth-order valence-corrected chi connectivity index (χ4v) is 3.30. The third kappa shape index (κ3) is 3.87. The molecule has 2 aromatic heterocycles. The van der Waals surface area contributed by atoms with E-state index in [-0.39, 0.29) is 18.1 Å². The van der Waals surface area contributed by atoms with E-state index >= 15 is 0 Å². The Morgan fingerprint density at radius 3 is 2.77 bits per heavy atom. The van der Waals surface area contributed by atoms with Gasteiger partial charge in [0.15, 0.2) is 6.10 Å². The Labute approximate surface area is 150 Å². The van der Waals surface area contributed by atoms with Crippen LogP contribution >= 0.6 is 11.3 Å². The van der Waals surface area contributed by atoms with E-state index in [2.05, 4.69) is 15.3 Å². The van der Waals surface area contributed by atoms with Crippen molar-refractivity contribution in [2.45, 2.75) is 18.8 Å². The molecule has 2 heterocycles. The van der Waals surface area contributed by atoms with Gasteiger partial charge in [-0.05, 0) is 12.1 Å². The van der Waals surface area contributed by atoms with Crippen LogP contribution in [0.3, 0.4) is 0 Å². The number of carbonyl (C=O) groups excluding carboxylic acids is 1. The molecule has 4 N–H and O–H groups in total. The third-order valence-electron chi connectivity index (χ3n) is 3.68. The molecule has 1 aromatic carbocycles. The van der Waals surface area contributed by atoms with Gasteiger partial charge in [-0.2, -0.15) is 0 Å². The summed E-state index contributed by atoms with van der Waals surface area (Å²) in [7, 11) is 0. The van der Waals surface area contributed by atoms with Crippen molar-refractivity contribution in [2.75, 3.05) is 6.54 Å². The predicted molar refractivity (Wildman–Crippen MR) is 94.9 cm³/mol. The smallest absolute Gasteiger partial charge is 0.328 e. The van der Waals surface area contributed by atoms with E-state index in [1.165, 1.54) is 28.2 Å². The number of hydrogen-bond acceptors (Lipinski definition) is 7. The van der Waals surface area contributed by atoms with Gasteiger partial charge in [0.2, 0.25) is 0 Å². The molecule has 0 radical (unpaired) electrons. The molecule has 0 fully saturated rings. The summed E-state index contributed by atoms with van der Waals surface area (Å²) in [4.78, 5) is 40.8. The molecule has 2 unspecified atom stereocenters. The Balaban J connectivity index is 1.60. The van der Waals surface area contributed by atoms with Gasteiger partial charge in [-0.3, -0.25) is 19.1 Å². The number of H-pyrrole nitrogens is 1. The van der Waals surface area contributed by atoms with Crippen LogP contribution in [0.4, 0.5) is 0 Å². The zero-order valence-corrected chi connectivity index (χ0v) is 14.3. The van der Waals surface area contributed by atoms with Crippen LogP contribution in [-0.4, -0.2) is 43.3 Å². The first kappa shape index (κ1) is 18.0. The van der Waals surface area contributed by atoms with Crippen LogP contribution in [0.15, 0.2) is 46.1 Å². The molecule has 0 aliphatic carbocycles. The molecule has 2 atom stereocenters. The normalized spacial score (nSPS) is 13.5. The number of fused-ring (bicyclic) bond motifs is 1. The van der Waals surface area contributed by atoms with E-state index < -0.39 is 29.4 Å². The maximum atomic E-state index is 12.0. The van der Waals surface area contributed by atoms with E-state index in [1.54, 1.807) is 12.1 Å². The SMILES string of the molecule is O=C(NCCn1ccc(=O)[nH]c1=O)C(O)C(O)c1nc2ccccc2s1. The lowest BCUT2D eigenvalue weighted by atomic mass is 10.2. The van der Waals surface area contributed by atoms with Crippen molar-refractivity contribution in [3.05, 3.63) is 62.4 Å². The first-order valence-electron chi connectivity index (χ1n) is 7.75. The first-order valence-corrected chi connectivity index (χ1v) is 8.56. The quantitative estimate of drug-likeness (QED) is 0.451. The molecule has 10 heteroatoms. The van der Waals surface area contributed by atoms with Crippen molar-refractivity contribution in [3.8, 4) is 0 Å². The zero-order chi connectivity index (χ0) is 18.7. The van der Waals surface area contributed by atoms with Crippen molar-refractivity contribution >= 4 is 27.5 Å². The van der Waals surface area contributed by atoms with Gasteiger partial charge >= 0.3 is 5.69 Å². The number of aromatic amines is 1. The second kappa shape index (κ2) is 7.60. The number of para-hydroxylation sites is 1. The molecular weight excluding hydrogens is 360 g/mol. The minimum absolute atomic E-state index is 0.0361. The Morgan fingerprint density at radius 1 is 1.27 bits per heavy atom. The number of rotatable bonds is 6. The van der Waals surface area contributed by atoms with Crippen LogP contribution in [0.2, 0.25) is 0 Å². The topological polar surface area (TPSA) is 137 Å². The number of aliphatic hydroxyl groups is 2. The van der Waals surface area contributed by atoms with Crippen molar-refractivity contribution in [3.63, 3.8) is 0 Å². The number of amides is 1. The summed E-state index contributed by atoms with van der Waals surface area (Å²) in [5.74, 6) is -0.783. The lowest BCUT2D eigenvalue weighted by Crippen LogP contribution is -2.41. The summed E-state index contributed by atoms with van der Waals surface area (Å²) in [6, 6.07) is 8.43. The summed E-state index contributed by atoms with van der Waals surface area (Å²) in [6.07, 6.45) is -1.84. The Hall–Kier alpha value is -2.82. The van der Waals surface area contributed by atoms with E-state index in [1.807, 2.05) is 12.1 Å². The van der Waals surface area contributed by atoms with Gasteiger partial charge in [0.1, 0.15) is 11.1 Å². The summed E-state index contributed by atoms with van der Waals surface area (Å²) in [5.41, 5.74) is -0.428. The predicted octanol–water partition coefficient (Wildman–Crippen LogP) is -0.643. The Kier molecular flexibility index (Phi) is 5.26. The summed E-state index contributed by atoms with van der Waals surface area (Å²) >= 11 is 1.19. The van der Waals surface area contributed by atoms with Crippen LogP contribution in [0.25, 0.3) is 10.2 Å². The third-order valence-corrected chi connectivity index (χ3v) is 4.79. The highest BCUT2D eigenvalue weighted by Crippen LogP contribution is 2.27. The van der Waals surface area contributed by atoms with Gasteiger partial charge in [-0.15, -0.1) is 11.3 Å². The van der Waals surface area contributed by atoms with Gasteiger partial charge in [0.05, 0.1) is 10.2 Å². The molecule has 9 nitrogen and oxygen atoms in total. The average molecular weight is 376 g/mol. The van der Waals surface area contributed by atoms with Crippen molar-refractivity contribution in [1.82, 2.24) is 19.9 Å². The van der Waals surface area contributed by atoms with E-state index in [0.717, 1.165) is 4.70 Å². The fraction of sp³-hybridized carbons (Fsp3) is 0.250. The number of carbonyl (C=O) groups is 1. The van der Waals surface area contributed by atoms with Gasteiger partial charge in [0.25, 0.3) is 11.5 Å². The van der Waals surface area contributed by atoms with Crippen LogP contribution < -0.4 is 16.6 Å². The first-order chi connectivity index (χ1) is 12.5. The van der Waals surface area contributed by atoms with Gasteiger partial charge in [-0.1, -0.05) is 12.1 Å². The summed E-state index contributed by atoms with van der Waals surface area (Å²) < 4.78 is 2.05. The van der Waals surface area contributed by atoms with Crippen molar-refractivity contribution in [2.24, 2.45) is 0 Å². The van der Waals surface area contributed by atoms with Crippen molar-refractivity contribution < 1.29 is 15.0 Å². The second-order valence-electron chi connectivity index (χ2n) is 5.50. The van der Waals surface area contributed by atoms with Gasteiger partial charge in [0, 0.05) is 25.4 Å². The summed E-state index contributed by atoms with van der Waals surface area (Å²) in [5, 5.41) is 22.9. The standard InChI is InChI=1S/C16H16N4O5S/c21-11-5-7-20(16(25)19-11)8-6-17-14(24)12(22)13(23)15-18-9-3-1-2-4-10(9)26-15/h1-5,7,12-13,22-23H,6,8H2,(H,17,24)(H,19,21,25). The molecule has 0 aliphatic rings. The maximum Gasteiger partial charge on any atom is 0.328 e. The fourth-order valence-electron chi connectivity index (χ4n) is 2.32. The molecule has 3 aromatic rings. The second-order valence-corrected chi connectivity index (χ2v) is 6.57. The number of nitrogens with zero attached hydrogens (tertiary/aromatic N) is 2. The highest BCUT2D eigenvalue weighted by Gasteiger charge is 2.28. The Morgan fingerprint density at radius 2 is 2.04 bits per heavy atom. The van der Waals surface area contributed by atoms with Crippen molar-refractivity contribution in [1.29, 1.82) is 0 Å². The molecule has 0 saturated carbocycles. The minimum atomic E-state index is -1.69. The Bertz CT molecular complexity index is 1010. The number of hydrogen-bond donors (Lipinski definition) is 4. The van der Waals surface area contributed by atoms with Gasteiger partial charge in [-0.25, -0.2) is 9.78 Å². The minimum Gasteiger partial charge on any atom is -0.383 e. The van der Waals surface area contributed by atoms with E-state index in [9.17, 15) is 24.6 Å². The lowest BCUT2D eigenvalue weighted by molar-refractivity contribution is -0.135. The van der Waals surface area contributed by atoms with Crippen LogP contribution in [0, 0.1) is 0 Å². The molecule has 1 amide bonds. The zero-order valence-electron chi connectivity index (χ0n) is 13.5. The van der Waals surface area contributed by atoms with Crippen LogP contribution in [0.1, 0.15) is 11.1 Å². The molecule has 0 aliphatic heterocycles. The number of aliphatic hydroxyl groups excluding tert-OH is 2. The maximum absolute atomic E-state index is 12.0. The molecule has 0 bridgehead atoms.